The van der Waals surface area contributed by atoms with Crippen LogP contribution in [0.1, 0.15) is 37.8 Å². The highest BCUT2D eigenvalue weighted by molar-refractivity contribution is 7.90. The maximum Gasteiger partial charge on any atom is 0.321 e. The van der Waals surface area contributed by atoms with Crippen molar-refractivity contribution in [3.8, 4) is 0 Å². The molecule has 9 heteroatoms. The summed E-state index contributed by atoms with van der Waals surface area (Å²) in [5, 5.41) is 2.56. The van der Waals surface area contributed by atoms with Gasteiger partial charge in [0.1, 0.15) is 0 Å². The first kappa shape index (κ1) is 20.0. The Kier molecular flexibility index (Phi) is 5.73. The molecule has 1 saturated heterocycles. The van der Waals surface area contributed by atoms with E-state index in [0.717, 1.165) is 27.0 Å². The molecule has 0 spiro atoms. The smallest absolute Gasteiger partial charge is 0.321 e. The number of nitrogens with zero attached hydrogens (tertiary/aromatic N) is 2. The van der Waals surface area contributed by atoms with Crippen molar-refractivity contribution in [2.24, 2.45) is 0 Å². The fourth-order valence-electron chi connectivity index (χ4n) is 3.20. The van der Waals surface area contributed by atoms with E-state index in [1.165, 1.54) is 0 Å². The third kappa shape index (κ3) is 4.25. The number of hydrogen-bond acceptors (Lipinski definition) is 5. The van der Waals surface area contributed by atoms with Crippen molar-refractivity contribution in [2.45, 2.75) is 51.8 Å². The maximum absolute atomic E-state index is 12.7. The summed E-state index contributed by atoms with van der Waals surface area (Å²) in [6.45, 7) is 8.35. The summed E-state index contributed by atoms with van der Waals surface area (Å²) in [6, 6.07) is 1.70. The number of anilines is 1. The molecule has 0 saturated carbocycles. The van der Waals surface area contributed by atoms with Crippen LogP contribution < -0.4 is 10.0 Å². The van der Waals surface area contributed by atoms with Gasteiger partial charge in [0, 0.05) is 24.8 Å². The van der Waals surface area contributed by atoms with E-state index in [4.69, 9.17) is 0 Å². The number of hydrogen-bond donors (Lipinski definition) is 2. The molecule has 27 heavy (non-hydrogen) atoms. The minimum Gasteiger partial charge on any atom is -0.324 e. The summed E-state index contributed by atoms with van der Waals surface area (Å²) in [6.07, 6.45) is 1.23. The lowest BCUT2D eigenvalue weighted by Gasteiger charge is -2.32. The van der Waals surface area contributed by atoms with Crippen LogP contribution in [-0.2, 0) is 10.0 Å². The van der Waals surface area contributed by atoms with Gasteiger partial charge in [0.25, 0.3) is 0 Å². The van der Waals surface area contributed by atoms with Gasteiger partial charge in [-0.25, -0.2) is 22.9 Å². The van der Waals surface area contributed by atoms with Crippen LogP contribution in [0.3, 0.4) is 0 Å². The molecule has 7 nitrogen and oxygen atoms in total. The Morgan fingerprint density at radius 3 is 2.59 bits per heavy atom. The fourth-order valence-corrected chi connectivity index (χ4v) is 5.05. The number of thiazole rings is 1. The van der Waals surface area contributed by atoms with Gasteiger partial charge in [-0.3, -0.25) is 0 Å². The first-order valence-electron chi connectivity index (χ1n) is 9.09. The SMILES string of the molecule is Cc1cc(NC(=O)N2CCC(NS(=O)(=O)C(C)C)CC2)c(C)c2scnc12. The fraction of sp³-hybridized carbons (Fsp3) is 0.556. The monoisotopic (exact) mass is 410 g/mol. The molecule has 2 N–H and O–H groups in total. The zero-order valence-corrected chi connectivity index (χ0v) is 17.7. The second kappa shape index (κ2) is 7.73. The molecular formula is C18H26N4O3S2. The van der Waals surface area contributed by atoms with Crippen molar-refractivity contribution < 1.29 is 13.2 Å². The summed E-state index contributed by atoms with van der Waals surface area (Å²) in [7, 11) is -3.28. The number of aryl methyl sites for hydroxylation is 2. The first-order valence-corrected chi connectivity index (χ1v) is 11.5. The Morgan fingerprint density at radius 1 is 1.30 bits per heavy atom. The van der Waals surface area contributed by atoms with Gasteiger partial charge < -0.3 is 10.2 Å². The molecule has 148 valence electrons. The highest BCUT2D eigenvalue weighted by atomic mass is 32.2. The van der Waals surface area contributed by atoms with Gasteiger partial charge in [0.15, 0.2) is 0 Å². The Hall–Kier alpha value is -1.71. The minimum absolute atomic E-state index is 0.112. The lowest BCUT2D eigenvalue weighted by atomic mass is 10.1. The van der Waals surface area contributed by atoms with Crippen molar-refractivity contribution >= 4 is 43.3 Å². The summed E-state index contributed by atoms with van der Waals surface area (Å²) < 4.78 is 27.8. The van der Waals surface area contributed by atoms with Gasteiger partial charge in [0.05, 0.1) is 21.0 Å². The molecule has 1 fully saturated rings. The molecule has 0 radical (unpaired) electrons. The van der Waals surface area contributed by atoms with Crippen molar-refractivity contribution in [1.29, 1.82) is 0 Å². The topological polar surface area (TPSA) is 91.4 Å². The number of fused-ring (bicyclic) bond motifs is 1. The molecule has 2 aromatic rings. The number of carbonyl (C=O) groups excluding carboxylic acids is 1. The molecule has 1 aromatic carbocycles. The minimum atomic E-state index is -3.28. The van der Waals surface area contributed by atoms with Crippen LogP contribution in [0.25, 0.3) is 10.2 Å². The highest BCUT2D eigenvalue weighted by Gasteiger charge is 2.27. The van der Waals surface area contributed by atoms with Crippen LogP contribution in [0.5, 0.6) is 0 Å². The highest BCUT2D eigenvalue weighted by Crippen LogP contribution is 2.31. The molecule has 0 atom stereocenters. The third-order valence-corrected chi connectivity index (χ3v) is 7.87. The van der Waals surface area contributed by atoms with Crippen LogP contribution in [0, 0.1) is 13.8 Å². The molecule has 1 aromatic heterocycles. The normalized spacial score (nSPS) is 16.3. The van der Waals surface area contributed by atoms with Gasteiger partial charge in [-0.1, -0.05) is 0 Å². The quantitative estimate of drug-likeness (QED) is 0.809. The van der Waals surface area contributed by atoms with E-state index in [0.29, 0.717) is 25.9 Å². The standard InChI is InChI=1S/C18H26N4O3S2/c1-11(2)27(24,25)21-14-5-7-22(8-6-14)18(23)20-15-9-12(3)16-17(13(15)4)26-10-19-16/h9-11,14,21H,5-8H2,1-4H3,(H,20,23). The summed E-state index contributed by atoms with van der Waals surface area (Å²) >= 11 is 1.57. The van der Waals surface area contributed by atoms with Gasteiger partial charge >= 0.3 is 6.03 Å². The lowest BCUT2D eigenvalue weighted by Crippen LogP contribution is -2.48. The third-order valence-electron chi connectivity index (χ3n) is 5.02. The molecule has 1 aliphatic heterocycles. The average Bonchev–Trinajstić information content (AvgIpc) is 3.10. The van der Waals surface area contributed by atoms with Crippen LogP contribution >= 0.6 is 11.3 Å². The number of aromatic nitrogens is 1. The predicted molar refractivity (Wildman–Crippen MR) is 110 cm³/mol. The Morgan fingerprint density at radius 2 is 1.96 bits per heavy atom. The van der Waals surface area contributed by atoms with E-state index in [1.54, 1.807) is 30.1 Å². The Bertz CT molecular complexity index is 945. The van der Waals surface area contributed by atoms with Crippen LogP contribution in [0.2, 0.25) is 0 Å². The van der Waals surface area contributed by atoms with Crippen molar-refractivity contribution in [2.75, 3.05) is 18.4 Å². The van der Waals surface area contributed by atoms with E-state index in [-0.39, 0.29) is 12.1 Å². The molecule has 2 heterocycles. The number of carbonyl (C=O) groups is 1. The van der Waals surface area contributed by atoms with E-state index < -0.39 is 15.3 Å². The molecule has 0 unspecified atom stereocenters. The van der Waals surface area contributed by atoms with Crippen molar-refractivity contribution in [3.63, 3.8) is 0 Å². The van der Waals surface area contributed by atoms with Gasteiger partial charge in [-0.2, -0.15) is 0 Å². The number of rotatable bonds is 4. The van der Waals surface area contributed by atoms with E-state index >= 15 is 0 Å². The molecule has 2 amide bonds. The first-order chi connectivity index (χ1) is 12.7. The molecule has 3 rings (SSSR count). The van der Waals surface area contributed by atoms with Crippen LogP contribution in [0.15, 0.2) is 11.6 Å². The zero-order chi connectivity index (χ0) is 19.8. The van der Waals surface area contributed by atoms with Crippen molar-refractivity contribution in [1.82, 2.24) is 14.6 Å². The number of nitrogens with one attached hydrogen (secondary N) is 2. The van der Waals surface area contributed by atoms with E-state index in [2.05, 4.69) is 15.0 Å². The number of sulfonamides is 1. The van der Waals surface area contributed by atoms with E-state index in [9.17, 15) is 13.2 Å². The lowest BCUT2D eigenvalue weighted by molar-refractivity contribution is 0.193. The number of piperidine rings is 1. The number of amides is 2. The van der Waals surface area contributed by atoms with Gasteiger partial charge in [-0.05, 0) is 57.7 Å². The largest absolute Gasteiger partial charge is 0.324 e. The van der Waals surface area contributed by atoms with Gasteiger partial charge in [0.2, 0.25) is 10.0 Å². The molecule has 0 aliphatic carbocycles. The second-order valence-corrected chi connectivity index (χ2v) is 10.4. The molecule has 1 aliphatic rings. The number of benzene rings is 1. The zero-order valence-electron chi connectivity index (χ0n) is 16.1. The summed E-state index contributed by atoms with van der Waals surface area (Å²) in [5.74, 6) is 0. The second-order valence-electron chi connectivity index (χ2n) is 7.30. The molecular weight excluding hydrogens is 384 g/mol. The van der Waals surface area contributed by atoms with Gasteiger partial charge in [-0.15, -0.1) is 11.3 Å². The average molecular weight is 411 g/mol. The summed E-state index contributed by atoms with van der Waals surface area (Å²) in [5.41, 5.74) is 5.66. The van der Waals surface area contributed by atoms with Crippen molar-refractivity contribution in [3.05, 3.63) is 22.7 Å². The van der Waals surface area contributed by atoms with Crippen LogP contribution in [0.4, 0.5) is 10.5 Å². The summed E-state index contributed by atoms with van der Waals surface area (Å²) in [4.78, 5) is 18.8. The van der Waals surface area contributed by atoms with E-state index in [1.807, 2.05) is 25.4 Å². The molecule has 0 bridgehead atoms. The Labute approximate surface area is 164 Å². The number of likely N-dealkylation sites (tertiary alicyclic amines) is 1. The predicted octanol–water partition coefficient (Wildman–Crippen LogP) is 3.24. The maximum atomic E-state index is 12.7. The van der Waals surface area contributed by atoms with Crippen LogP contribution in [-0.4, -0.2) is 48.7 Å². The Balaban J connectivity index is 1.63. The number of urea groups is 1.